The Balaban J connectivity index is 0.943. The van der Waals surface area contributed by atoms with Crippen LogP contribution in [0.1, 0.15) is 63.8 Å². The van der Waals surface area contributed by atoms with Crippen LogP contribution in [0.5, 0.6) is 11.5 Å². The number of benzene rings is 3. The van der Waals surface area contributed by atoms with Crippen molar-refractivity contribution < 1.29 is 43.2 Å². The van der Waals surface area contributed by atoms with Gasteiger partial charge < -0.3 is 39.6 Å². The number of aromatic nitrogens is 1. The monoisotopic (exact) mass is 924 g/mol. The fourth-order valence-electron chi connectivity index (χ4n) is 8.16. The molecule has 344 valence electrons. The SMILES string of the molecule is [C-]#[N+]c1ccc(N2C(=O)C(C)(C)N(c3ccc(OCCOCCOCCOc4cc(-c5scnc5C)ccc4CNC(=O)[C@@H]4C[C@@H](O)CC4C(=O)[C@H](CC)NC(C)=O)cc3)C2=S)cc1C. The molecule has 65 heavy (non-hydrogen) atoms. The second kappa shape index (κ2) is 21.9. The highest BCUT2D eigenvalue weighted by Gasteiger charge is 2.50. The number of thiazole rings is 1. The van der Waals surface area contributed by atoms with Crippen molar-refractivity contribution in [1.82, 2.24) is 15.6 Å². The number of thiocarbonyl (C=S) groups is 1. The molecule has 17 heteroatoms. The van der Waals surface area contributed by atoms with Gasteiger partial charge in [0, 0.05) is 36.3 Å². The topological polar surface area (TPSA) is 173 Å². The second-order valence-corrected chi connectivity index (χ2v) is 17.7. The fraction of sp³-hybridized carbons (Fsp3) is 0.438. The number of hydrogen-bond donors (Lipinski definition) is 3. The molecule has 4 atom stereocenters. The Morgan fingerprint density at radius 2 is 1.62 bits per heavy atom. The summed E-state index contributed by atoms with van der Waals surface area (Å²) in [5, 5.41) is 16.4. The summed E-state index contributed by atoms with van der Waals surface area (Å²) < 4.78 is 23.6. The minimum Gasteiger partial charge on any atom is -0.491 e. The number of carbonyl (C=O) groups excluding carboxylic acids is 4. The van der Waals surface area contributed by atoms with E-state index in [-0.39, 0.29) is 56.1 Å². The van der Waals surface area contributed by atoms with Crippen molar-refractivity contribution in [3.05, 3.63) is 94.4 Å². The van der Waals surface area contributed by atoms with Gasteiger partial charge in [-0.3, -0.25) is 24.1 Å². The fourth-order valence-corrected chi connectivity index (χ4v) is 9.49. The number of aliphatic hydroxyl groups is 1. The standard InChI is InChI=1S/C48H56N6O9S2/c1-8-40(52-31(4)55)43(57)38-25-36(56)26-39(38)45(58)50-27-33-10-9-32(44-30(3)51-28-65-44)24-42(33)63-22-20-61-18-17-60-19-21-62-37-14-11-34(12-15-37)54-47(64)53(46(59)48(54,5)6)35-13-16-41(49-7)29(2)23-35/h9-16,23-24,28,36,38-40,56H,8,17-22,25-27H2,1-6H3,(H,50,58)(H,52,55)/t36-,38?,39+,40-/m0/s1. The Morgan fingerprint density at radius 1 is 0.954 bits per heavy atom. The van der Waals surface area contributed by atoms with Gasteiger partial charge in [0.25, 0.3) is 5.91 Å². The van der Waals surface area contributed by atoms with Crippen molar-refractivity contribution in [2.24, 2.45) is 11.8 Å². The highest BCUT2D eigenvalue weighted by atomic mass is 32.1. The number of carbonyl (C=O) groups is 4. The molecular weight excluding hydrogens is 869 g/mol. The van der Waals surface area contributed by atoms with Crippen molar-refractivity contribution >= 4 is 69.2 Å². The highest BCUT2D eigenvalue weighted by Crippen LogP contribution is 2.39. The third-order valence-electron chi connectivity index (χ3n) is 11.6. The molecule has 4 aromatic rings. The first-order valence-corrected chi connectivity index (χ1v) is 22.9. The zero-order valence-electron chi connectivity index (χ0n) is 37.5. The number of ketones is 1. The molecule has 2 heterocycles. The van der Waals surface area contributed by atoms with Crippen LogP contribution < -0.4 is 29.9 Å². The number of aliphatic hydroxyl groups excluding tert-OH is 1. The predicted octanol–water partition coefficient (Wildman–Crippen LogP) is 6.87. The molecule has 0 bridgehead atoms. The number of nitrogens with one attached hydrogen (secondary N) is 2. The summed E-state index contributed by atoms with van der Waals surface area (Å²) >= 11 is 7.33. The molecule has 1 aliphatic heterocycles. The van der Waals surface area contributed by atoms with Gasteiger partial charge in [0.1, 0.15) is 30.3 Å². The average molecular weight is 925 g/mol. The quantitative estimate of drug-likeness (QED) is 0.0451. The smallest absolute Gasteiger partial charge is 0.259 e. The largest absolute Gasteiger partial charge is 0.491 e. The van der Waals surface area contributed by atoms with E-state index in [4.69, 9.17) is 37.7 Å². The Labute approximate surface area is 389 Å². The van der Waals surface area contributed by atoms with Crippen molar-refractivity contribution in [2.75, 3.05) is 49.4 Å². The van der Waals surface area contributed by atoms with Crippen LogP contribution >= 0.6 is 23.6 Å². The van der Waals surface area contributed by atoms with E-state index in [1.807, 2.05) is 75.1 Å². The highest BCUT2D eigenvalue weighted by molar-refractivity contribution is 7.81. The Hall–Kier alpha value is -5.77. The van der Waals surface area contributed by atoms with Crippen molar-refractivity contribution in [2.45, 2.75) is 85.0 Å². The molecule has 1 aliphatic carbocycles. The molecule has 1 aromatic heterocycles. The van der Waals surface area contributed by atoms with Crippen molar-refractivity contribution in [1.29, 1.82) is 0 Å². The minimum atomic E-state index is -0.935. The molecule has 3 N–H and O–H groups in total. The molecule has 6 rings (SSSR count). The number of Topliss-reactive ketones (excluding diaryl/α,β-unsaturated/α-hetero) is 1. The summed E-state index contributed by atoms with van der Waals surface area (Å²) in [4.78, 5) is 64.4. The molecule has 2 fully saturated rings. The van der Waals surface area contributed by atoms with Gasteiger partial charge in [0.2, 0.25) is 11.8 Å². The maximum absolute atomic E-state index is 13.6. The summed E-state index contributed by atoms with van der Waals surface area (Å²) in [6.45, 7) is 19.9. The molecule has 0 spiro atoms. The van der Waals surface area contributed by atoms with Crippen molar-refractivity contribution in [3.63, 3.8) is 0 Å². The van der Waals surface area contributed by atoms with E-state index >= 15 is 0 Å². The van der Waals surface area contributed by atoms with Crippen LogP contribution in [0.15, 0.2) is 66.2 Å². The molecule has 1 unspecified atom stereocenters. The van der Waals surface area contributed by atoms with E-state index in [0.29, 0.717) is 60.8 Å². The third-order valence-corrected chi connectivity index (χ3v) is 12.9. The number of ether oxygens (including phenoxy) is 4. The van der Waals surface area contributed by atoms with E-state index in [2.05, 4.69) is 20.5 Å². The maximum Gasteiger partial charge on any atom is 0.259 e. The molecular formula is C48H56N6O9S2. The lowest BCUT2D eigenvalue weighted by molar-refractivity contribution is -0.134. The van der Waals surface area contributed by atoms with Crippen LogP contribution in [0.4, 0.5) is 17.1 Å². The lowest BCUT2D eigenvalue weighted by Crippen LogP contribution is -2.45. The number of hydrogen-bond acceptors (Lipinski definition) is 12. The number of aryl methyl sites for hydroxylation is 2. The third kappa shape index (κ3) is 11.6. The Morgan fingerprint density at radius 3 is 2.25 bits per heavy atom. The normalized spacial score (nSPS) is 18.3. The maximum atomic E-state index is 13.6. The van der Waals surface area contributed by atoms with E-state index < -0.39 is 29.5 Å². The summed E-state index contributed by atoms with van der Waals surface area (Å²) in [7, 11) is 0. The first kappa shape index (κ1) is 48.7. The van der Waals surface area contributed by atoms with E-state index in [9.17, 15) is 24.3 Å². The molecule has 3 amide bonds. The molecule has 1 saturated heterocycles. The summed E-state index contributed by atoms with van der Waals surface area (Å²) in [5.41, 5.74) is 6.07. The lowest BCUT2D eigenvalue weighted by atomic mass is 9.87. The number of rotatable bonds is 21. The number of anilines is 2. The summed E-state index contributed by atoms with van der Waals surface area (Å²) in [6.07, 6.45) is -0.0683. The van der Waals surface area contributed by atoms with E-state index in [0.717, 1.165) is 32.9 Å². The predicted molar refractivity (Wildman–Crippen MR) is 252 cm³/mol. The lowest BCUT2D eigenvalue weighted by Gasteiger charge is -2.29. The number of nitrogens with zero attached hydrogens (tertiary/aromatic N) is 4. The van der Waals surface area contributed by atoms with Crippen LogP contribution in [-0.4, -0.2) is 96.0 Å². The summed E-state index contributed by atoms with van der Waals surface area (Å²) in [5.74, 6) is -1.29. The van der Waals surface area contributed by atoms with Gasteiger partial charge >= 0.3 is 0 Å². The Bertz CT molecular complexity index is 2420. The molecule has 3 aromatic carbocycles. The van der Waals surface area contributed by atoms with Crippen LogP contribution in [0, 0.1) is 32.3 Å². The van der Waals surface area contributed by atoms with Gasteiger partial charge in [0.15, 0.2) is 16.6 Å². The zero-order valence-corrected chi connectivity index (χ0v) is 39.2. The van der Waals surface area contributed by atoms with Gasteiger partial charge in [-0.25, -0.2) is 9.83 Å². The molecule has 0 radical (unpaired) electrons. The van der Waals surface area contributed by atoms with Gasteiger partial charge in [-0.2, -0.15) is 0 Å². The Kier molecular flexibility index (Phi) is 16.4. The zero-order chi connectivity index (χ0) is 46.8. The molecule has 2 aliphatic rings. The minimum absolute atomic E-state index is 0.138. The summed E-state index contributed by atoms with van der Waals surface area (Å²) in [6, 6.07) is 17.7. The van der Waals surface area contributed by atoms with Gasteiger partial charge in [-0.1, -0.05) is 25.1 Å². The average Bonchev–Trinajstić information content (AvgIpc) is 3.95. The first-order valence-electron chi connectivity index (χ1n) is 21.6. The van der Waals surface area contributed by atoms with E-state index in [1.165, 1.54) is 23.2 Å². The van der Waals surface area contributed by atoms with Crippen molar-refractivity contribution in [3.8, 4) is 21.9 Å². The first-order chi connectivity index (χ1) is 31.1. The second-order valence-electron chi connectivity index (χ2n) is 16.5. The van der Waals surface area contributed by atoms with Gasteiger partial charge in [-0.15, -0.1) is 11.3 Å². The van der Waals surface area contributed by atoms with E-state index in [1.54, 1.807) is 30.6 Å². The van der Waals surface area contributed by atoms with Gasteiger partial charge in [-0.05, 0) is 113 Å². The van der Waals surface area contributed by atoms with Crippen LogP contribution in [0.2, 0.25) is 0 Å². The molecule has 1 saturated carbocycles. The number of amides is 3. The van der Waals surface area contributed by atoms with Crippen LogP contribution in [-0.2, 0) is 35.2 Å². The molecule has 15 nitrogen and oxygen atoms in total. The van der Waals surface area contributed by atoms with Crippen LogP contribution in [0.3, 0.4) is 0 Å². The van der Waals surface area contributed by atoms with Crippen LogP contribution in [0.25, 0.3) is 15.3 Å². The van der Waals surface area contributed by atoms with Gasteiger partial charge in [0.05, 0.1) is 67.1 Å².